The first-order valence-corrected chi connectivity index (χ1v) is 7.77. The Morgan fingerprint density at radius 1 is 0.952 bits per heavy atom. The van der Waals surface area contributed by atoms with Gasteiger partial charge in [0, 0.05) is 11.6 Å². The lowest BCUT2D eigenvalue weighted by molar-refractivity contribution is 0.179. The first-order chi connectivity index (χ1) is 10.2. The first-order valence-electron chi connectivity index (χ1n) is 7.77. The van der Waals surface area contributed by atoms with Gasteiger partial charge in [-0.3, -0.25) is 0 Å². The van der Waals surface area contributed by atoms with Gasteiger partial charge in [-0.15, -0.1) is 0 Å². The standard InChI is InChI=1S/C19H25NO/c1-4-14-20-15(2)16(3)21-19-13-9-8-12-18(19)17-10-6-5-7-11-17/h5-13,15-16,20H,4,14H2,1-3H3. The van der Waals surface area contributed by atoms with E-state index in [9.17, 15) is 0 Å². The second-order valence-corrected chi connectivity index (χ2v) is 5.43. The van der Waals surface area contributed by atoms with Crippen LogP contribution < -0.4 is 10.1 Å². The largest absolute Gasteiger partial charge is 0.488 e. The molecule has 0 heterocycles. The van der Waals surface area contributed by atoms with Gasteiger partial charge in [-0.2, -0.15) is 0 Å². The predicted octanol–water partition coefficient (Wildman–Crippen LogP) is 4.51. The molecule has 2 rings (SSSR count). The summed E-state index contributed by atoms with van der Waals surface area (Å²) in [4.78, 5) is 0. The second-order valence-electron chi connectivity index (χ2n) is 5.43. The zero-order valence-electron chi connectivity index (χ0n) is 13.2. The van der Waals surface area contributed by atoms with Crippen LogP contribution in [0.1, 0.15) is 27.2 Å². The fourth-order valence-electron chi connectivity index (χ4n) is 2.27. The van der Waals surface area contributed by atoms with E-state index in [2.05, 4.69) is 62.5 Å². The molecule has 0 amide bonds. The normalized spacial score (nSPS) is 13.7. The van der Waals surface area contributed by atoms with Crippen LogP contribution in [-0.2, 0) is 0 Å². The van der Waals surface area contributed by atoms with Gasteiger partial charge in [0.2, 0.25) is 0 Å². The quantitative estimate of drug-likeness (QED) is 0.807. The minimum Gasteiger partial charge on any atom is -0.488 e. The second kappa shape index (κ2) is 7.84. The number of para-hydroxylation sites is 1. The first kappa shape index (κ1) is 15.6. The van der Waals surface area contributed by atoms with E-state index in [1.165, 1.54) is 5.56 Å². The maximum atomic E-state index is 6.20. The van der Waals surface area contributed by atoms with Crippen molar-refractivity contribution in [3.05, 3.63) is 54.6 Å². The molecule has 0 spiro atoms. The van der Waals surface area contributed by atoms with E-state index < -0.39 is 0 Å². The van der Waals surface area contributed by atoms with Crippen molar-refractivity contribution in [3.8, 4) is 16.9 Å². The number of nitrogens with one attached hydrogen (secondary N) is 1. The lowest BCUT2D eigenvalue weighted by Crippen LogP contribution is -2.39. The zero-order valence-corrected chi connectivity index (χ0v) is 13.2. The van der Waals surface area contributed by atoms with E-state index in [4.69, 9.17) is 4.74 Å². The van der Waals surface area contributed by atoms with Gasteiger partial charge in [0.05, 0.1) is 0 Å². The van der Waals surface area contributed by atoms with Gasteiger partial charge in [0.15, 0.2) is 0 Å². The monoisotopic (exact) mass is 283 g/mol. The van der Waals surface area contributed by atoms with Crippen LogP contribution in [0.15, 0.2) is 54.6 Å². The van der Waals surface area contributed by atoms with Crippen molar-refractivity contribution < 1.29 is 4.74 Å². The van der Waals surface area contributed by atoms with Gasteiger partial charge >= 0.3 is 0 Å². The fourth-order valence-corrected chi connectivity index (χ4v) is 2.27. The molecule has 2 unspecified atom stereocenters. The van der Waals surface area contributed by atoms with Crippen LogP contribution in [0, 0.1) is 0 Å². The fraction of sp³-hybridized carbons (Fsp3) is 0.368. The van der Waals surface area contributed by atoms with E-state index in [1.807, 2.05) is 18.2 Å². The molecular weight excluding hydrogens is 258 g/mol. The molecule has 0 saturated heterocycles. The molecule has 0 saturated carbocycles. The van der Waals surface area contributed by atoms with E-state index in [1.54, 1.807) is 0 Å². The molecule has 0 radical (unpaired) electrons. The van der Waals surface area contributed by atoms with Crippen LogP contribution in [0.5, 0.6) is 5.75 Å². The summed E-state index contributed by atoms with van der Waals surface area (Å²) >= 11 is 0. The molecule has 112 valence electrons. The lowest BCUT2D eigenvalue weighted by atomic mass is 10.0. The van der Waals surface area contributed by atoms with Gasteiger partial charge < -0.3 is 10.1 Å². The predicted molar refractivity (Wildman–Crippen MR) is 89.7 cm³/mol. The van der Waals surface area contributed by atoms with Gasteiger partial charge in [0.25, 0.3) is 0 Å². The van der Waals surface area contributed by atoms with Gasteiger partial charge in [-0.05, 0) is 38.4 Å². The smallest absolute Gasteiger partial charge is 0.127 e. The van der Waals surface area contributed by atoms with Crippen molar-refractivity contribution in [2.75, 3.05) is 6.54 Å². The Labute approximate surface area is 128 Å². The summed E-state index contributed by atoms with van der Waals surface area (Å²) in [7, 11) is 0. The molecule has 2 heteroatoms. The van der Waals surface area contributed by atoms with Crippen LogP contribution in [0.3, 0.4) is 0 Å². The molecule has 2 atom stereocenters. The molecule has 0 aliphatic carbocycles. The van der Waals surface area contributed by atoms with Crippen molar-refractivity contribution in [2.45, 2.75) is 39.3 Å². The van der Waals surface area contributed by atoms with Gasteiger partial charge in [-0.1, -0.05) is 55.5 Å². The summed E-state index contributed by atoms with van der Waals surface area (Å²) in [5.74, 6) is 0.946. The molecule has 0 aliphatic heterocycles. The summed E-state index contributed by atoms with van der Waals surface area (Å²) in [5.41, 5.74) is 2.34. The third-order valence-corrected chi connectivity index (χ3v) is 3.71. The Balaban J connectivity index is 2.14. The van der Waals surface area contributed by atoms with Crippen LogP contribution in [0.4, 0.5) is 0 Å². The van der Waals surface area contributed by atoms with Crippen molar-refractivity contribution in [2.24, 2.45) is 0 Å². The SMILES string of the molecule is CCCNC(C)C(C)Oc1ccccc1-c1ccccc1. The number of rotatable bonds is 7. The van der Waals surface area contributed by atoms with Gasteiger partial charge in [0.1, 0.15) is 11.9 Å². The maximum Gasteiger partial charge on any atom is 0.127 e. The summed E-state index contributed by atoms with van der Waals surface area (Å²) in [5, 5.41) is 3.49. The molecule has 21 heavy (non-hydrogen) atoms. The number of hydrogen-bond donors (Lipinski definition) is 1. The summed E-state index contributed by atoms with van der Waals surface area (Å²) in [6, 6.07) is 18.9. The minimum atomic E-state index is 0.126. The van der Waals surface area contributed by atoms with Crippen molar-refractivity contribution in [3.63, 3.8) is 0 Å². The third-order valence-electron chi connectivity index (χ3n) is 3.71. The molecule has 0 aromatic heterocycles. The van der Waals surface area contributed by atoms with E-state index in [0.717, 1.165) is 24.3 Å². The molecule has 2 aromatic carbocycles. The summed E-state index contributed by atoms with van der Waals surface area (Å²) in [6.45, 7) is 7.49. The van der Waals surface area contributed by atoms with Gasteiger partial charge in [-0.25, -0.2) is 0 Å². The van der Waals surface area contributed by atoms with Crippen LogP contribution in [0.25, 0.3) is 11.1 Å². The zero-order chi connectivity index (χ0) is 15.1. The highest BCUT2D eigenvalue weighted by Gasteiger charge is 2.15. The topological polar surface area (TPSA) is 21.3 Å². The summed E-state index contributed by atoms with van der Waals surface area (Å²) < 4.78 is 6.20. The highest BCUT2D eigenvalue weighted by Crippen LogP contribution is 2.30. The molecule has 0 aliphatic rings. The molecule has 2 aromatic rings. The number of benzene rings is 2. The van der Waals surface area contributed by atoms with Crippen molar-refractivity contribution in [1.29, 1.82) is 0 Å². The Bertz CT molecular complexity index is 538. The van der Waals surface area contributed by atoms with E-state index in [0.29, 0.717) is 6.04 Å². The highest BCUT2D eigenvalue weighted by molar-refractivity contribution is 5.70. The van der Waals surface area contributed by atoms with Crippen LogP contribution in [0.2, 0.25) is 0 Å². The Kier molecular flexibility index (Phi) is 5.82. The Hall–Kier alpha value is -1.80. The highest BCUT2D eigenvalue weighted by atomic mass is 16.5. The molecule has 2 nitrogen and oxygen atoms in total. The lowest BCUT2D eigenvalue weighted by Gasteiger charge is -2.24. The van der Waals surface area contributed by atoms with Crippen molar-refractivity contribution >= 4 is 0 Å². The average Bonchev–Trinajstić information content (AvgIpc) is 2.54. The number of hydrogen-bond acceptors (Lipinski definition) is 2. The molecule has 0 bridgehead atoms. The van der Waals surface area contributed by atoms with Crippen LogP contribution in [-0.4, -0.2) is 18.7 Å². The van der Waals surface area contributed by atoms with Crippen LogP contribution >= 0.6 is 0 Å². The molecular formula is C19H25NO. The van der Waals surface area contributed by atoms with E-state index in [-0.39, 0.29) is 6.10 Å². The maximum absolute atomic E-state index is 6.20. The molecule has 0 fully saturated rings. The van der Waals surface area contributed by atoms with E-state index >= 15 is 0 Å². The average molecular weight is 283 g/mol. The summed E-state index contributed by atoms with van der Waals surface area (Å²) in [6.07, 6.45) is 1.26. The number of ether oxygens (including phenoxy) is 1. The Morgan fingerprint density at radius 3 is 2.33 bits per heavy atom. The van der Waals surface area contributed by atoms with Crippen molar-refractivity contribution in [1.82, 2.24) is 5.32 Å². The third kappa shape index (κ3) is 4.33. The Morgan fingerprint density at radius 2 is 1.62 bits per heavy atom. The minimum absolute atomic E-state index is 0.126. The molecule has 1 N–H and O–H groups in total.